The summed E-state index contributed by atoms with van der Waals surface area (Å²) in [5.74, 6) is 0.0844. The summed E-state index contributed by atoms with van der Waals surface area (Å²) in [6.45, 7) is 4.88. The zero-order chi connectivity index (χ0) is 22.5. The van der Waals surface area contributed by atoms with Crippen molar-refractivity contribution in [2.75, 3.05) is 6.61 Å². The summed E-state index contributed by atoms with van der Waals surface area (Å²) >= 11 is 0. The lowest BCUT2D eigenvalue weighted by atomic mass is 10.0. The van der Waals surface area contributed by atoms with Crippen LogP contribution in [0.4, 0.5) is 0 Å². The number of ether oxygens (including phenoxy) is 2. The Hall–Kier alpha value is -2.82. The van der Waals surface area contributed by atoms with Gasteiger partial charge in [-0.3, -0.25) is 4.79 Å². The second-order valence-electron chi connectivity index (χ2n) is 7.74. The molecule has 0 aliphatic heterocycles. The Balaban J connectivity index is 1.83. The zero-order valence-corrected chi connectivity index (χ0v) is 18.7. The van der Waals surface area contributed by atoms with E-state index in [2.05, 4.69) is 6.92 Å². The van der Waals surface area contributed by atoms with Gasteiger partial charge in [0, 0.05) is 12.5 Å². The van der Waals surface area contributed by atoms with Crippen LogP contribution in [0.2, 0.25) is 0 Å². The molecule has 0 unspecified atom stereocenters. The highest BCUT2D eigenvalue weighted by Gasteiger charge is 2.14. The SMILES string of the molecule is CCCCCCCCOc1ccc(C(=O)Oc2ccc(C(=O)CCCC)c(O)c2)cc1. The third kappa shape index (κ3) is 8.44. The molecule has 2 aromatic rings. The second kappa shape index (κ2) is 13.5. The van der Waals surface area contributed by atoms with E-state index >= 15 is 0 Å². The molecular formula is C26H34O5. The summed E-state index contributed by atoms with van der Waals surface area (Å²) in [5.41, 5.74) is 0.634. The van der Waals surface area contributed by atoms with E-state index in [0.717, 1.165) is 25.0 Å². The number of rotatable bonds is 14. The maximum Gasteiger partial charge on any atom is 0.343 e. The van der Waals surface area contributed by atoms with Gasteiger partial charge in [0.2, 0.25) is 0 Å². The summed E-state index contributed by atoms with van der Waals surface area (Å²) in [6, 6.07) is 11.1. The Morgan fingerprint density at radius 3 is 2.13 bits per heavy atom. The lowest BCUT2D eigenvalue weighted by molar-refractivity contribution is 0.0734. The first kappa shape index (κ1) is 24.4. The highest BCUT2D eigenvalue weighted by atomic mass is 16.5. The summed E-state index contributed by atoms with van der Waals surface area (Å²) in [6.07, 6.45) is 9.31. The molecule has 5 nitrogen and oxygen atoms in total. The smallest absolute Gasteiger partial charge is 0.343 e. The van der Waals surface area contributed by atoms with Gasteiger partial charge in [-0.15, -0.1) is 0 Å². The molecule has 0 atom stereocenters. The molecule has 0 aliphatic rings. The van der Waals surface area contributed by atoms with Gasteiger partial charge in [0.15, 0.2) is 5.78 Å². The summed E-state index contributed by atoms with van der Waals surface area (Å²) < 4.78 is 11.1. The number of ketones is 1. The molecule has 0 aromatic heterocycles. The molecule has 31 heavy (non-hydrogen) atoms. The fourth-order valence-corrected chi connectivity index (χ4v) is 3.21. The fourth-order valence-electron chi connectivity index (χ4n) is 3.21. The van der Waals surface area contributed by atoms with Crippen LogP contribution in [0.1, 0.15) is 92.4 Å². The van der Waals surface area contributed by atoms with Crippen molar-refractivity contribution in [3.05, 3.63) is 53.6 Å². The van der Waals surface area contributed by atoms with Crippen LogP contribution in [0.3, 0.4) is 0 Å². The predicted octanol–water partition coefficient (Wildman–Crippen LogP) is 6.72. The Morgan fingerprint density at radius 1 is 0.806 bits per heavy atom. The fraction of sp³-hybridized carbons (Fsp3) is 0.462. The number of phenols is 1. The summed E-state index contributed by atoms with van der Waals surface area (Å²) in [5, 5.41) is 10.1. The Bertz CT molecular complexity index is 826. The molecule has 1 N–H and O–H groups in total. The summed E-state index contributed by atoms with van der Waals surface area (Å²) in [7, 11) is 0. The van der Waals surface area contributed by atoms with E-state index in [1.54, 1.807) is 24.3 Å². The number of carbonyl (C=O) groups is 2. The normalized spacial score (nSPS) is 10.6. The van der Waals surface area contributed by atoms with E-state index in [9.17, 15) is 14.7 Å². The van der Waals surface area contributed by atoms with E-state index in [1.807, 2.05) is 6.92 Å². The van der Waals surface area contributed by atoms with Crippen LogP contribution in [0, 0.1) is 0 Å². The largest absolute Gasteiger partial charge is 0.507 e. The number of Topliss-reactive ketones (excluding diaryl/α,β-unsaturated/α-hetero) is 1. The molecule has 0 aliphatic carbocycles. The third-order valence-corrected chi connectivity index (χ3v) is 5.09. The maximum atomic E-state index is 12.4. The minimum Gasteiger partial charge on any atom is -0.507 e. The van der Waals surface area contributed by atoms with Crippen LogP contribution in [0.5, 0.6) is 17.2 Å². The number of unbranched alkanes of at least 4 members (excludes halogenated alkanes) is 6. The number of hydrogen-bond donors (Lipinski definition) is 1. The van der Waals surface area contributed by atoms with E-state index in [1.165, 1.54) is 50.3 Å². The Kier molecular flexibility index (Phi) is 10.6. The highest BCUT2D eigenvalue weighted by molar-refractivity contribution is 5.99. The third-order valence-electron chi connectivity index (χ3n) is 5.09. The molecule has 0 spiro atoms. The molecular weight excluding hydrogens is 392 g/mol. The maximum absolute atomic E-state index is 12.4. The molecule has 0 amide bonds. The molecule has 0 heterocycles. The molecule has 0 saturated carbocycles. The number of carbonyl (C=O) groups excluding carboxylic acids is 2. The molecule has 5 heteroatoms. The van der Waals surface area contributed by atoms with Crippen molar-refractivity contribution >= 4 is 11.8 Å². The first-order valence-corrected chi connectivity index (χ1v) is 11.4. The average Bonchev–Trinajstić information content (AvgIpc) is 2.77. The van der Waals surface area contributed by atoms with Gasteiger partial charge in [0.05, 0.1) is 17.7 Å². The van der Waals surface area contributed by atoms with E-state index < -0.39 is 5.97 Å². The average molecular weight is 427 g/mol. The van der Waals surface area contributed by atoms with Crippen molar-refractivity contribution in [3.63, 3.8) is 0 Å². The Morgan fingerprint density at radius 2 is 1.45 bits per heavy atom. The van der Waals surface area contributed by atoms with Gasteiger partial charge in [-0.05, 0) is 49.2 Å². The highest BCUT2D eigenvalue weighted by Crippen LogP contribution is 2.26. The number of esters is 1. The van der Waals surface area contributed by atoms with Crippen LogP contribution < -0.4 is 9.47 Å². The molecule has 0 radical (unpaired) electrons. The van der Waals surface area contributed by atoms with E-state index in [0.29, 0.717) is 18.6 Å². The Labute approximate surface area is 185 Å². The van der Waals surface area contributed by atoms with Crippen molar-refractivity contribution in [3.8, 4) is 17.2 Å². The van der Waals surface area contributed by atoms with Gasteiger partial charge in [0.1, 0.15) is 17.2 Å². The van der Waals surface area contributed by atoms with Crippen LogP contribution >= 0.6 is 0 Å². The van der Waals surface area contributed by atoms with E-state index in [4.69, 9.17) is 9.47 Å². The topological polar surface area (TPSA) is 72.8 Å². The van der Waals surface area contributed by atoms with Gasteiger partial charge in [-0.2, -0.15) is 0 Å². The van der Waals surface area contributed by atoms with Crippen molar-refractivity contribution < 1.29 is 24.2 Å². The van der Waals surface area contributed by atoms with Crippen LogP contribution in [0.25, 0.3) is 0 Å². The van der Waals surface area contributed by atoms with Gasteiger partial charge in [0.25, 0.3) is 0 Å². The van der Waals surface area contributed by atoms with Crippen molar-refractivity contribution in [1.82, 2.24) is 0 Å². The first-order chi connectivity index (χ1) is 15.0. The van der Waals surface area contributed by atoms with Crippen LogP contribution in [0.15, 0.2) is 42.5 Å². The molecule has 2 aromatic carbocycles. The van der Waals surface area contributed by atoms with E-state index in [-0.39, 0.29) is 22.8 Å². The zero-order valence-electron chi connectivity index (χ0n) is 18.7. The number of aromatic hydroxyl groups is 1. The van der Waals surface area contributed by atoms with Gasteiger partial charge in [-0.1, -0.05) is 52.4 Å². The lowest BCUT2D eigenvalue weighted by Gasteiger charge is -2.09. The molecule has 0 bridgehead atoms. The van der Waals surface area contributed by atoms with Gasteiger partial charge in [-0.25, -0.2) is 4.79 Å². The number of phenolic OH excluding ortho intramolecular Hbond substituents is 1. The minimum absolute atomic E-state index is 0.117. The molecule has 0 saturated heterocycles. The van der Waals surface area contributed by atoms with Crippen molar-refractivity contribution in [1.29, 1.82) is 0 Å². The van der Waals surface area contributed by atoms with Crippen molar-refractivity contribution in [2.24, 2.45) is 0 Å². The van der Waals surface area contributed by atoms with Crippen molar-refractivity contribution in [2.45, 2.75) is 71.6 Å². The van der Waals surface area contributed by atoms with Crippen LogP contribution in [-0.2, 0) is 0 Å². The minimum atomic E-state index is -0.535. The quantitative estimate of drug-likeness (QED) is 0.157. The molecule has 168 valence electrons. The monoisotopic (exact) mass is 426 g/mol. The molecule has 0 fully saturated rings. The van der Waals surface area contributed by atoms with Crippen LogP contribution in [-0.4, -0.2) is 23.5 Å². The number of hydrogen-bond acceptors (Lipinski definition) is 5. The first-order valence-electron chi connectivity index (χ1n) is 11.4. The predicted molar refractivity (Wildman–Crippen MR) is 122 cm³/mol. The second-order valence-corrected chi connectivity index (χ2v) is 7.74. The lowest BCUT2D eigenvalue weighted by Crippen LogP contribution is -2.09. The number of benzene rings is 2. The van der Waals surface area contributed by atoms with Gasteiger partial charge >= 0.3 is 5.97 Å². The van der Waals surface area contributed by atoms with Gasteiger partial charge < -0.3 is 14.6 Å². The standard InChI is InChI=1S/C26H34O5/c1-3-5-7-8-9-10-18-30-21-14-12-20(13-15-21)26(29)31-22-16-17-23(25(28)19-22)24(27)11-6-4-2/h12-17,19,28H,3-11,18H2,1-2H3. The molecule has 2 rings (SSSR count). The summed E-state index contributed by atoms with van der Waals surface area (Å²) in [4.78, 5) is 24.5.